The third-order valence-electron chi connectivity index (χ3n) is 5.16. The van der Waals surface area contributed by atoms with Crippen molar-refractivity contribution >= 4 is 35.8 Å². The van der Waals surface area contributed by atoms with Crippen molar-refractivity contribution in [2.75, 3.05) is 26.4 Å². The summed E-state index contributed by atoms with van der Waals surface area (Å²) in [6.45, 7) is 7.97. The van der Waals surface area contributed by atoms with Crippen molar-refractivity contribution in [1.29, 1.82) is 0 Å². The summed E-state index contributed by atoms with van der Waals surface area (Å²) in [5.74, 6) is -7.05. The Morgan fingerprint density at radius 3 is 1.74 bits per heavy atom. The van der Waals surface area contributed by atoms with Crippen LogP contribution >= 0.6 is 0 Å². The summed E-state index contributed by atoms with van der Waals surface area (Å²) < 4.78 is 25.7. The molecule has 0 heterocycles. The molecule has 1 unspecified atom stereocenters. The number of carbonyl (C=O) groups excluding carboxylic acids is 4. The Hall–Kier alpha value is -5.46. The van der Waals surface area contributed by atoms with E-state index in [0.717, 1.165) is 0 Å². The number of para-hydroxylation sites is 1. The van der Waals surface area contributed by atoms with Gasteiger partial charge in [-0.2, -0.15) is 0 Å². The third kappa shape index (κ3) is 9.62. The van der Waals surface area contributed by atoms with Crippen molar-refractivity contribution in [3.8, 4) is 5.75 Å². The molecule has 0 aliphatic rings. The first-order chi connectivity index (χ1) is 19.8. The highest BCUT2D eigenvalue weighted by atomic mass is 16.6. The summed E-state index contributed by atoms with van der Waals surface area (Å²) in [5.41, 5.74) is -2.75. The maximum Gasteiger partial charge on any atom is 0.339 e. The maximum absolute atomic E-state index is 13.2. The fourth-order valence-electron chi connectivity index (χ4n) is 3.09. The van der Waals surface area contributed by atoms with E-state index in [1.807, 2.05) is 0 Å². The van der Waals surface area contributed by atoms with E-state index < -0.39 is 77.4 Å². The highest BCUT2D eigenvalue weighted by molar-refractivity contribution is 6.09. The van der Waals surface area contributed by atoms with Gasteiger partial charge in [0.25, 0.3) is 0 Å². The molecule has 0 radical (unpaired) electrons. The molecule has 0 fully saturated rings. The summed E-state index contributed by atoms with van der Waals surface area (Å²) in [6.07, 6.45) is -1.26. The molecular weight excluding hydrogens is 556 g/mol. The number of hydrogen-bond acceptors (Lipinski definition) is 11. The number of ether oxygens (including phenoxy) is 5. The number of rotatable bonds is 15. The topological polar surface area (TPSA) is 189 Å². The molecule has 0 aromatic heterocycles. The van der Waals surface area contributed by atoms with Gasteiger partial charge in [-0.1, -0.05) is 31.4 Å². The molecule has 13 nitrogen and oxygen atoms in total. The lowest BCUT2D eigenvalue weighted by Crippen LogP contribution is -2.32. The highest BCUT2D eigenvalue weighted by Gasteiger charge is 2.29. The summed E-state index contributed by atoms with van der Waals surface area (Å²) in [4.78, 5) is 73.0. The number of carboxylic acids is 2. The Kier molecular flexibility index (Phi) is 12.0. The molecule has 222 valence electrons. The van der Waals surface area contributed by atoms with Gasteiger partial charge in [-0.05, 0) is 38.1 Å². The second-order valence-corrected chi connectivity index (χ2v) is 8.64. The molecule has 0 aliphatic carbocycles. The summed E-state index contributed by atoms with van der Waals surface area (Å²) >= 11 is 0. The average Bonchev–Trinajstić information content (AvgIpc) is 2.95. The highest BCUT2D eigenvalue weighted by Crippen LogP contribution is 2.21. The molecule has 2 aromatic carbocycles. The quantitative estimate of drug-likeness (QED) is 0.135. The largest absolute Gasteiger partial charge is 0.490 e. The van der Waals surface area contributed by atoms with Crippen LogP contribution in [-0.2, 0) is 28.5 Å². The zero-order valence-electron chi connectivity index (χ0n) is 22.7. The van der Waals surface area contributed by atoms with E-state index in [1.54, 1.807) is 30.3 Å². The standard InChI is InChI=1S/C29H28O13/c1-16(2)26(34)38-10-11-39-28(36)22-13-23(21(25(32)33)12-20(22)24(30)31)29(37)42-19(15-41-27(35)17(3)4)14-40-18-8-6-5-7-9-18/h5-9,12-13,19H,1,3,10-11,14-15H2,2,4H3,(H,30,31)(H,32,33). The SMILES string of the molecule is C=C(C)C(=O)OCCOC(=O)c1cc(C(=O)OC(COC(=O)C(=C)C)COc2ccccc2)c(C(=O)O)cc1C(=O)O. The molecule has 0 saturated heterocycles. The van der Waals surface area contributed by atoms with Gasteiger partial charge in [-0.15, -0.1) is 0 Å². The van der Waals surface area contributed by atoms with Gasteiger partial charge in [0, 0.05) is 11.1 Å². The average molecular weight is 585 g/mol. The summed E-state index contributed by atoms with van der Waals surface area (Å²) in [7, 11) is 0. The molecule has 13 heteroatoms. The van der Waals surface area contributed by atoms with Gasteiger partial charge in [-0.25, -0.2) is 28.8 Å². The molecule has 0 aliphatic heterocycles. The molecule has 0 saturated carbocycles. The van der Waals surface area contributed by atoms with Crippen LogP contribution in [0.2, 0.25) is 0 Å². The fraction of sp³-hybridized carbons (Fsp3) is 0.241. The number of hydrogen-bond donors (Lipinski definition) is 2. The smallest absolute Gasteiger partial charge is 0.339 e. The van der Waals surface area contributed by atoms with Crippen molar-refractivity contribution in [3.63, 3.8) is 0 Å². The predicted octanol–water partition coefficient (Wildman–Crippen LogP) is 3.08. The lowest BCUT2D eigenvalue weighted by molar-refractivity contribution is -0.142. The van der Waals surface area contributed by atoms with Crippen molar-refractivity contribution in [1.82, 2.24) is 0 Å². The van der Waals surface area contributed by atoms with Crippen LogP contribution < -0.4 is 4.74 Å². The van der Waals surface area contributed by atoms with E-state index in [1.165, 1.54) is 13.8 Å². The van der Waals surface area contributed by atoms with Crippen LogP contribution in [0.25, 0.3) is 0 Å². The minimum atomic E-state index is -1.69. The van der Waals surface area contributed by atoms with E-state index in [-0.39, 0.29) is 24.4 Å². The van der Waals surface area contributed by atoms with E-state index in [9.17, 15) is 39.0 Å². The van der Waals surface area contributed by atoms with E-state index in [2.05, 4.69) is 13.2 Å². The van der Waals surface area contributed by atoms with Crippen LogP contribution in [0.15, 0.2) is 66.8 Å². The number of esters is 4. The third-order valence-corrected chi connectivity index (χ3v) is 5.16. The Morgan fingerprint density at radius 1 is 0.690 bits per heavy atom. The first-order valence-corrected chi connectivity index (χ1v) is 12.2. The van der Waals surface area contributed by atoms with Crippen molar-refractivity contribution in [2.45, 2.75) is 20.0 Å². The Bertz CT molecular complexity index is 1390. The maximum atomic E-state index is 13.2. The van der Waals surface area contributed by atoms with Crippen LogP contribution in [0.5, 0.6) is 5.75 Å². The molecule has 2 aromatic rings. The molecule has 2 N–H and O–H groups in total. The second-order valence-electron chi connectivity index (χ2n) is 8.64. The number of carbonyl (C=O) groups is 6. The number of aromatic carboxylic acids is 2. The van der Waals surface area contributed by atoms with Gasteiger partial charge >= 0.3 is 35.8 Å². The number of carboxylic acid groups (broad SMARTS) is 2. The monoisotopic (exact) mass is 584 g/mol. The molecule has 0 bridgehead atoms. The minimum Gasteiger partial charge on any atom is -0.490 e. The van der Waals surface area contributed by atoms with Crippen molar-refractivity contribution in [2.24, 2.45) is 0 Å². The van der Waals surface area contributed by atoms with E-state index in [4.69, 9.17) is 23.7 Å². The molecular formula is C29H28O13. The molecule has 42 heavy (non-hydrogen) atoms. The van der Waals surface area contributed by atoms with E-state index >= 15 is 0 Å². The van der Waals surface area contributed by atoms with Crippen LogP contribution in [0.4, 0.5) is 0 Å². The lowest BCUT2D eigenvalue weighted by Gasteiger charge is -2.20. The van der Waals surface area contributed by atoms with Gasteiger partial charge in [0.05, 0.1) is 22.3 Å². The van der Waals surface area contributed by atoms with Gasteiger partial charge in [0.15, 0.2) is 6.10 Å². The van der Waals surface area contributed by atoms with Gasteiger partial charge in [0.2, 0.25) is 0 Å². The van der Waals surface area contributed by atoms with Crippen LogP contribution in [0.3, 0.4) is 0 Å². The van der Waals surface area contributed by atoms with Gasteiger partial charge in [0.1, 0.15) is 32.2 Å². The van der Waals surface area contributed by atoms with Crippen LogP contribution in [-0.4, -0.2) is 78.6 Å². The predicted molar refractivity (Wildman–Crippen MR) is 143 cm³/mol. The summed E-state index contributed by atoms with van der Waals surface area (Å²) in [6, 6.07) is 9.65. The van der Waals surface area contributed by atoms with Crippen molar-refractivity contribution < 1.29 is 62.7 Å². The number of benzene rings is 2. The van der Waals surface area contributed by atoms with Crippen molar-refractivity contribution in [3.05, 3.63) is 89.0 Å². The van der Waals surface area contributed by atoms with Gasteiger partial charge < -0.3 is 33.9 Å². The zero-order valence-corrected chi connectivity index (χ0v) is 22.7. The normalized spacial score (nSPS) is 10.9. The lowest BCUT2D eigenvalue weighted by atomic mass is 9.98. The fourth-order valence-corrected chi connectivity index (χ4v) is 3.09. The summed E-state index contributed by atoms with van der Waals surface area (Å²) in [5, 5.41) is 19.2. The Morgan fingerprint density at radius 2 is 1.19 bits per heavy atom. The minimum absolute atomic E-state index is 0.0685. The van der Waals surface area contributed by atoms with Crippen LogP contribution in [0.1, 0.15) is 55.3 Å². The first-order valence-electron chi connectivity index (χ1n) is 12.2. The van der Waals surface area contributed by atoms with Crippen LogP contribution in [0, 0.1) is 0 Å². The zero-order chi connectivity index (χ0) is 31.4. The van der Waals surface area contributed by atoms with Gasteiger partial charge in [-0.3, -0.25) is 0 Å². The Labute approximate surface area is 239 Å². The van der Waals surface area contributed by atoms with E-state index in [0.29, 0.717) is 17.9 Å². The molecule has 0 amide bonds. The molecule has 2 rings (SSSR count). The second kappa shape index (κ2) is 15.4. The molecule has 1 atom stereocenters. The molecule has 0 spiro atoms. The first kappa shape index (κ1) is 32.8. The Balaban J connectivity index is 2.35.